The first-order valence-corrected chi connectivity index (χ1v) is 12.3. The lowest BCUT2D eigenvalue weighted by Crippen LogP contribution is -2.44. The van der Waals surface area contributed by atoms with Crippen molar-refractivity contribution in [2.24, 2.45) is 5.92 Å². The molecule has 3 aromatic rings. The molecule has 1 aromatic heterocycles. The van der Waals surface area contributed by atoms with Crippen molar-refractivity contribution in [3.8, 4) is 0 Å². The van der Waals surface area contributed by atoms with Crippen molar-refractivity contribution >= 4 is 23.2 Å². The molecular formula is C27H28F4N2O2S. The van der Waals surface area contributed by atoms with Gasteiger partial charge in [0.15, 0.2) is 0 Å². The predicted molar refractivity (Wildman–Crippen MR) is 132 cm³/mol. The minimum absolute atomic E-state index is 0.0161. The summed E-state index contributed by atoms with van der Waals surface area (Å²) in [5.74, 6) is -1.40. The van der Waals surface area contributed by atoms with Gasteiger partial charge >= 0.3 is 6.18 Å². The number of carbonyl (C=O) groups is 2. The van der Waals surface area contributed by atoms with Crippen LogP contribution in [-0.4, -0.2) is 34.7 Å². The molecule has 0 aliphatic rings. The van der Waals surface area contributed by atoms with Gasteiger partial charge in [0.05, 0.1) is 12.1 Å². The van der Waals surface area contributed by atoms with Crippen LogP contribution in [0.1, 0.15) is 45.8 Å². The quantitative estimate of drug-likeness (QED) is 0.301. The zero-order valence-corrected chi connectivity index (χ0v) is 21.1. The lowest BCUT2D eigenvalue weighted by molar-refractivity contribution is -0.137. The van der Waals surface area contributed by atoms with Crippen LogP contribution >= 0.6 is 11.3 Å². The number of rotatable bonds is 9. The number of hydrogen-bond acceptors (Lipinski definition) is 3. The summed E-state index contributed by atoms with van der Waals surface area (Å²) in [6.07, 6.45) is -4.58. The predicted octanol–water partition coefficient (Wildman–Crippen LogP) is 6.54. The fourth-order valence-corrected chi connectivity index (χ4v) is 4.64. The van der Waals surface area contributed by atoms with Crippen molar-refractivity contribution in [2.75, 3.05) is 13.1 Å². The van der Waals surface area contributed by atoms with Crippen molar-refractivity contribution in [3.63, 3.8) is 0 Å². The molecule has 0 spiro atoms. The topological polar surface area (TPSA) is 40.6 Å². The Morgan fingerprint density at radius 3 is 2.25 bits per heavy atom. The van der Waals surface area contributed by atoms with E-state index in [2.05, 4.69) is 0 Å². The summed E-state index contributed by atoms with van der Waals surface area (Å²) in [5.41, 5.74) is 0.697. The highest BCUT2D eigenvalue weighted by Gasteiger charge is 2.32. The molecule has 0 fully saturated rings. The SMILES string of the molecule is Cc1ccsc1CN(Cc1ccc(F)cc1)C(=O)CN(CC(C)C)C(=O)c1cccc(C(F)(F)F)c1. The van der Waals surface area contributed by atoms with E-state index >= 15 is 0 Å². The van der Waals surface area contributed by atoms with Crippen molar-refractivity contribution in [1.29, 1.82) is 0 Å². The highest BCUT2D eigenvalue weighted by Crippen LogP contribution is 2.30. The lowest BCUT2D eigenvalue weighted by Gasteiger charge is -2.29. The second-order valence-corrected chi connectivity index (χ2v) is 10.1. The van der Waals surface area contributed by atoms with Gasteiger partial charge < -0.3 is 9.80 Å². The summed E-state index contributed by atoms with van der Waals surface area (Å²) in [7, 11) is 0. The van der Waals surface area contributed by atoms with E-state index in [0.717, 1.165) is 28.1 Å². The zero-order valence-electron chi connectivity index (χ0n) is 20.3. The molecule has 3 rings (SSSR count). The van der Waals surface area contributed by atoms with E-state index < -0.39 is 17.6 Å². The number of benzene rings is 2. The van der Waals surface area contributed by atoms with E-state index in [9.17, 15) is 27.2 Å². The van der Waals surface area contributed by atoms with Crippen molar-refractivity contribution in [2.45, 2.75) is 40.0 Å². The number of amides is 2. The molecule has 1 heterocycles. The fraction of sp³-hybridized carbons (Fsp3) is 0.333. The fourth-order valence-electron chi connectivity index (χ4n) is 3.72. The average Bonchev–Trinajstić information content (AvgIpc) is 3.22. The summed E-state index contributed by atoms with van der Waals surface area (Å²) in [5, 5.41) is 1.92. The summed E-state index contributed by atoms with van der Waals surface area (Å²) in [6.45, 7) is 6.07. The van der Waals surface area contributed by atoms with E-state index in [0.29, 0.717) is 6.54 Å². The molecule has 192 valence electrons. The van der Waals surface area contributed by atoms with Crippen LogP contribution in [0.5, 0.6) is 0 Å². The molecule has 2 amide bonds. The Hall–Kier alpha value is -3.20. The van der Waals surface area contributed by atoms with E-state index in [1.165, 1.54) is 40.5 Å². The summed E-state index contributed by atoms with van der Waals surface area (Å²) >= 11 is 1.50. The van der Waals surface area contributed by atoms with E-state index in [1.807, 2.05) is 32.2 Å². The van der Waals surface area contributed by atoms with Crippen LogP contribution in [0.15, 0.2) is 60.0 Å². The Balaban J connectivity index is 1.86. The summed E-state index contributed by atoms with van der Waals surface area (Å²) in [4.78, 5) is 30.6. The smallest absolute Gasteiger partial charge is 0.332 e. The third-order valence-electron chi connectivity index (χ3n) is 5.58. The second kappa shape index (κ2) is 11.7. The van der Waals surface area contributed by atoms with Crippen molar-refractivity contribution in [3.05, 3.63) is 92.9 Å². The number of thiophene rings is 1. The molecule has 0 N–H and O–H groups in total. The number of aryl methyl sites for hydroxylation is 1. The van der Waals surface area contributed by atoms with Gasteiger partial charge in [0, 0.05) is 23.5 Å². The molecule has 2 aromatic carbocycles. The Morgan fingerprint density at radius 1 is 0.972 bits per heavy atom. The molecule has 0 saturated carbocycles. The first-order chi connectivity index (χ1) is 16.9. The number of halogens is 4. The Kier molecular flexibility index (Phi) is 8.89. The van der Waals surface area contributed by atoms with Crippen molar-refractivity contribution < 1.29 is 27.2 Å². The minimum atomic E-state index is -4.58. The Labute approximate surface area is 212 Å². The number of alkyl halides is 3. The molecule has 0 bridgehead atoms. The monoisotopic (exact) mass is 520 g/mol. The molecular weight excluding hydrogens is 492 g/mol. The van der Waals surface area contributed by atoms with E-state index in [4.69, 9.17) is 0 Å². The van der Waals surface area contributed by atoms with E-state index in [-0.39, 0.29) is 42.8 Å². The van der Waals surface area contributed by atoms with Crippen LogP contribution in [0, 0.1) is 18.7 Å². The van der Waals surface area contributed by atoms with Crippen LogP contribution in [0.3, 0.4) is 0 Å². The molecule has 0 aliphatic heterocycles. The van der Waals surface area contributed by atoms with Gasteiger partial charge in [-0.15, -0.1) is 11.3 Å². The molecule has 36 heavy (non-hydrogen) atoms. The van der Waals surface area contributed by atoms with Gasteiger partial charge in [-0.05, 0) is 65.7 Å². The van der Waals surface area contributed by atoms with E-state index in [1.54, 1.807) is 17.0 Å². The molecule has 9 heteroatoms. The average molecular weight is 521 g/mol. The maximum Gasteiger partial charge on any atom is 0.416 e. The van der Waals surface area contributed by atoms with Gasteiger partial charge in [-0.25, -0.2) is 4.39 Å². The molecule has 0 radical (unpaired) electrons. The maximum absolute atomic E-state index is 13.5. The summed E-state index contributed by atoms with van der Waals surface area (Å²) in [6, 6.07) is 12.0. The first kappa shape index (κ1) is 27.4. The van der Waals surface area contributed by atoms with Gasteiger partial charge in [-0.3, -0.25) is 9.59 Å². The highest BCUT2D eigenvalue weighted by atomic mass is 32.1. The van der Waals surface area contributed by atoms with Gasteiger partial charge in [-0.1, -0.05) is 32.0 Å². The second-order valence-electron chi connectivity index (χ2n) is 9.06. The Morgan fingerprint density at radius 2 is 1.67 bits per heavy atom. The lowest BCUT2D eigenvalue weighted by atomic mass is 10.1. The van der Waals surface area contributed by atoms with Crippen LogP contribution in [0.2, 0.25) is 0 Å². The normalized spacial score (nSPS) is 11.6. The van der Waals surface area contributed by atoms with Gasteiger partial charge in [0.25, 0.3) is 5.91 Å². The standard InChI is InChI=1S/C27H28F4N2O2S/c1-18(2)14-33(26(35)21-5-4-6-22(13-21)27(29,30)31)17-25(34)32(16-24-19(3)11-12-36-24)15-20-7-9-23(28)10-8-20/h4-13,18H,14-17H2,1-3H3. The minimum Gasteiger partial charge on any atom is -0.332 e. The summed E-state index contributed by atoms with van der Waals surface area (Å²) < 4.78 is 53.0. The molecule has 0 saturated heterocycles. The molecule has 0 atom stereocenters. The highest BCUT2D eigenvalue weighted by molar-refractivity contribution is 7.10. The van der Waals surface area contributed by atoms with Crippen LogP contribution in [0.25, 0.3) is 0 Å². The van der Waals surface area contributed by atoms with Gasteiger partial charge in [-0.2, -0.15) is 13.2 Å². The van der Waals surface area contributed by atoms with Crippen molar-refractivity contribution in [1.82, 2.24) is 9.80 Å². The van der Waals surface area contributed by atoms with Crippen LogP contribution in [-0.2, 0) is 24.1 Å². The first-order valence-electron chi connectivity index (χ1n) is 11.5. The Bertz CT molecular complexity index is 1190. The maximum atomic E-state index is 13.5. The largest absolute Gasteiger partial charge is 0.416 e. The third-order valence-corrected chi connectivity index (χ3v) is 6.59. The zero-order chi connectivity index (χ0) is 26.5. The van der Waals surface area contributed by atoms with Crippen LogP contribution < -0.4 is 0 Å². The number of hydrogen-bond donors (Lipinski definition) is 0. The number of carbonyl (C=O) groups excluding carboxylic acids is 2. The molecule has 0 unspecified atom stereocenters. The molecule has 4 nitrogen and oxygen atoms in total. The third kappa shape index (κ3) is 7.40. The number of nitrogens with zero attached hydrogens (tertiary/aromatic N) is 2. The van der Waals surface area contributed by atoms with Gasteiger partial charge in [0.2, 0.25) is 5.91 Å². The molecule has 0 aliphatic carbocycles. The van der Waals surface area contributed by atoms with Gasteiger partial charge in [0.1, 0.15) is 12.4 Å². The van der Waals surface area contributed by atoms with Crippen LogP contribution in [0.4, 0.5) is 17.6 Å².